The number of aliphatic hydroxyl groups excluding tert-OH is 1. The predicted octanol–water partition coefficient (Wildman–Crippen LogP) is 0.662. The third kappa shape index (κ3) is 4.72. The number of ketones is 1. The lowest BCUT2D eigenvalue weighted by atomic mass is 9.80. The largest absolute Gasteiger partial charge is 1.00 e. The molecule has 0 spiro atoms. The molecule has 1 N–H and O–H groups in total. The lowest BCUT2D eigenvalue weighted by Crippen LogP contribution is -3.00. The van der Waals surface area contributed by atoms with Gasteiger partial charge in [-0.2, -0.15) is 0 Å². The van der Waals surface area contributed by atoms with Crippen molar-refractivity contribution in [2.24, 2.45) is 11.8 Å². The Bertz CT molecular complexity index is 836. The van der Waals surface area contributed by atoms with E-state index in [-0.39, 0.29) is 29.1 Å². The van der Waals surface area contributed by atoms with Crippen LogP contribution in [0.25, 0.3) is 0 Å². The molecule has 6 aliphatic rings. The Balaban J connectivity index is 0.000000205. The van der Waals surface area contributed by atoms with Crippen LogP contribution in [0.4, 0.5) is 0 Å². The van der Waals surface area contributed by atoms with Crippen molar-refractivity contribution >= 4 is 5.78 Å². The number of hydrogen-bond donors (Lipinski definition) is 1. The molecule has 6 fully saturated rings. The minimum absolute atomic E-state index is 0. The van der Waals surface area contributed by atoms with Crippen molar-refractivity contribution in [3.05, 3.63) is 71.8 Å². The molecule has 0 unspecified atom stereocenters. The topological polar surface area (TPSA) is 40.5 Å². The van der Waals surface area contributed by atoms with Crippen molar-refractivity contribution in [3.63, 3.8) is 0 Å². The smallest absolute Gasteiger partial charge is 0.190 e. The molecule has 0 radical (unpaired) electrons. The molecule has 4 bridgehead atoms. The number of aliphatic hydroxyl groups is 1. The van der Waals surface area contributed by atoms with Crippen molar-refractivity contribution in [1.29, 1.82) is 0 Å². The van der Waals surface area contributed by atoms with E-state index in [0.717, 1.165) is 37.0 Å². The van der Waals surface area contributed by atoms with Crippen LogP contribution in [-0.4, -0.2) is 65.6 Å². The standard InChI is InChI=1S/C20H22NO.C7H13NO.BrH/c22-19-15-21(13-11-16(19)12-14-21)20(17-7-3-1-4-8-17)18-9-5-2-6-10-18;9-7-5-8-3-1-6(7)2-4-8;/h1-10,16,20H,11-15H2;6-7,9H,1-5H2;1H/q+1;;/p-1/t;7-;/m.0./s1. The van der Waals surface area contributed by atoms with Gasteiger partial charge in [0, 0.05) is 36.4 Å². The van der Waals surface area contributed by atoms with Crippen molar-refractivity contribution in [2.75, 3.05) is 39.3 Å². The number of carbonyl (C=O) groups excluding carboxylic acids is 1. The summed E-state index contributed by atoms with van der Waals surface area (Å²) in [6.07, 6.45) is 4.57. The molecule has 2 aromatic carbocycles. The SMILES string of the molecule is O=C1C[N+]2(C(c3ccccc3)c3ccccc3)CCC1CC2.O[C@H]1CN2CCC1CC2.[Br-]. The zero-order valence-electron chi connectivity index (χ0n) is 18.8. The molecule has 6 aliphatic heterocycles. The van der Waals surface area contributed by atoms with Gasteiger partial charge in [0.1, 0.15) is 12.6 Å². The predicted molar refractivity (Wildman–Crippen MR) is 122 cm³/mol. The number of fused-ring (bicyclic) bond motifs is 6. The highest BCUT2D eigenvalue weighted by Crippen LogP contribution is 2.43. The van der Waals surface area contributed by atoms with Gasteiger partial charge in [-0.3, -0.25) is 4.79 Å². The van der Waals surface area contributed by atoms with Gasteiger partial charge in [0.15, 0.2) is 5.78 Å². The highest BCUT2D eigenvalue weighted by molar-refractivity contribution is 5.83. The van der Waals surface area contributed by atoms with E-state index in [0.29, 0.717) is 24.2 Å². The molecule has 8 rings (SSSR count). The second-order valence-electron chi connectivity index (χ2n) is 9.99. The molecular weight excluding hydrogens is 464 g/mol. The zero-order chi connectivity index (χ0) is 21.3. The van der Waals surface area contributed by atoms with E-state index in [4.69, 9.17) is 0 Å². The number of quaternary nitrogens is 1. The fourth-order valence-corrected chi connectivity index (χ4v) is 6.38. The Morgan fingerprint density at radius 3 is 1.75 bits per heavy atom. The Hall–Kier alpha value is -1.53. The number of piperidine rings is 6. The van der Waals surface area contributed by atoms with Gasteiger partial charge in [-0.25, -0.2) is 0 Å². The summed E-state index contributed by atoms with van der Waals surface area (Å²) < 4.78 is 0.920. The van der Waals surface area contributed by atoms with Crippen molar-refractivity contribution in [1.82, 2.24) is 4.90 Å². The van der Waals surface area contributed by atoms with Crippen LogP contribution in [0, 0.1) is 11.8 Å². The van der Waals surface area contributed by atoms with Gasteiger partial charge < -0.3 is 31.5 Å². The summed E-state index contributed by atoms with van der Waals surface area (Å²) in [6.45, 7) is 6.35. The number of benzene rings is 2. The Kier molecular flexibility index (Phi) is 7.51. The van der Waals surface area contributed by atoms with E-state index in [9.17, 15) is 9.90 Å². The van der Waals surface area contributed by atoms with E-state index < -0.39 is 0 Å². The van der Waals surface area contributed by atoms with E-state index in [2.05, 4.69) is 65.6 Å². The molecule has 5 heteroatoms. The van der Waals surface area contributed by atoms with Gasteiger partial charge in [0.05, 0.1) is 19.2 Å². The maximum Gasteiger partial charge on any atom is 0.190 e. The number of hydrogen-bond acceptors (Lipinski definition) is 3. The Morgan fingerprint density at radius 1 is 0.844 bits per heavy atom. The van der Waals surface area contributed by atoms with Gasteiger partial charge >= 0.3 is 0 Å². The van der Waals surface area contributed by atoms with Crippen LogP contribution >= 0.6 is 0 Å². The third-order valence-electron chi connectivity index (χ3n) is 8.17. The van der Waals surface area contributed by atoms with Gasteiger partial charge in [0.25, 0.3) is 0 Å². The summed E-state index contributed by atoms with van der Waals surface area (Å²) in [6, 6.07) is 21.7. The van der Waals surface area contributed by atoms with E-state index in [1.54, 1.807) is 0 Å². The van der Waals surface area contributed by atoms with Crippen LogP contribution in [0.3, 0.4) is 0 Å². The van der Waals surface area contributed by atoms with Crippen molar-refractivity contribution in [2.45, 2.75) is 37.8 Å². The van der Waals surface area contributed by atoms with Crippen molar-refractivity contribution < 1.29 is 31.4 Å². The average Bonchev–Trinajstić information content (AvgIpc) is 2.82. The van der Waals surface area contributed by atoms with Gasteiger partial charge in [-0.05, 0) is 31.8 Å². The highest BCUT2D eigenvalue weighted by atomic mass is 79.9. The summed E-state index contributed by atoms with van der Waals surface area (Å²) in [7, 11) is 0. The molecule has 6 saturated heterocycles. The zero-order valence-corrected chi connectivity index (χ0v) is 20.4. The third-order valence-corrected chi connectivity index (χ3v) is 8.17. The Labute approximate surface area is 202 Å². The number of rotatable bonds is 3. The number of Topliss-reactive ketones (excluding diaryl/α,β-unsaturated/α-hetero) is 1. The first-order chi connectivity index (χ1) is 15.1. The number of halogens is 1. The van der Waals surface area contributed by atoms with Crippen LogP contribution in [0.15, 0.2) is 60.7 Å². The van der Waals surface area contributed by atoms with Crippen LogP contribution in [0.5, 0.6) is 0 Å². The summed E-state index contributed by atoms with van der Waals surface area (Å²) >= 11 is 0. The Morgan fingerprint density at radius 2 is 1.38 bits per heavy atom. The fraction of sp³-hybridized carbons (Fsp3) is 0.519. The molecule has 6 heterocycles. The summed E-state index contributed by atoms with van der Waals surface area (Å²) in [5, 5.41) is 9.36. The van der Waals surface area contributed by atoms with Gasteiger partial charge in [0.2, 0.25) is 0 Å². The lowest BCUT2D eigenvalue weighted by molar-refractivity contribution is -0.954. The first-order valence-electron chi connectivity index (χ1n) is 12.0. The average molecular weight is 499 g/mol. The molecule has 0 amide bonds. The minimum atomic E-state index is -0.00694. The van der Waals surface area contributed by atoms with Crippen LogP contribution < -0.4 is 17.0 Å². The molecule has 4 nitrogen and oxygen atoms in total. The quantitative estimate of drug-likeness (QED) is 0.632. The van der Waals surface area contributed by atoms with E-state index in [1.165, 1.54) is 37.1 Å². The summed E-state index contributed by atoms with van der Waals surface area (Å²) in [4.78, 5) is 14.8. The summed E-state index contributed by atoms with van der Waals surface area (Å²) in [5.74, 6) is 1.46. The van der Waals surface area contributed by atoms with Crippen LogP contribution in [0.1, 0.15) is 42.9 Å². The molecule has 2 aromatic rings. The molecule has 32 heavy (non-hydrogen) atoms. The molecule has 0 saturated carbocycles. The highest BCUT2D eigenvalue weighted by Gasteiger charge is 2.50. The van der Waals surface area contributed by atoms with E-state index >= 15 is 0 Å². The van der Waals surface area contributed by atoms with Crippen molar-refractivity contribution in [3.8, 4) is 0 Å². The molecule has 0 aromatic heterocycles. The van der Waals surface area contributed by atoms with Crippen LogP contribution in [-0.2, 0) is 4.79 Å². The normalized spacial score (nSPS) is 32.8. The van der Waals surface area contributed by atoms with Gasteiger partial charge in [-0.15, -0.1) is 0 Å². The fourth-order valence-electron chi connectivity index (χ4n) is 6.38. The lowest BCUT2D eigenvalue weighted by Gasteiger charge is -2.52. The van der Waals surface area contributed by atoms with Gasteiger partial charge in [-0.1, -0.05) is 60.7 Å². The van der Waals surface area contributed by atoms with E-state index in [1.807, 2.05) is 0 Å². The second-order valence-corrected chi connectivity index (χ2v) is 9.99. The second kappa shape index (κ2) is 10.2. The minimum Gasteiger partial charge on any atom is -1.00 e. The van der Waals surface area contributed by atoms with Crippen LogP contribution in [0.2, 0.25) is 0 Å². The number of nitrogens with zero attached hydrogens (tertiary/aromatic N) is 2. The molecule has 1 atom stereocenters. The monoisotopic (exact) mass is 498 g/mol. The number of carbonyl (C=O) groups is 1. The molecular formula is C27H35BrN2O2. The summed E-state index contributed by atoms with van der Waals surface area (Å²) in [5.41, 5.74) is 2.67. The maximum atomic E-state index is 12.4. The molecule has 0 aliphatic carbocycles. The maximum absolute atomic E-state index is 12.4. The molecule has 172 valence electrons. The first kappa shape index (κ1) is 23.6. The first-order valence-corrected chi connectivity index (χ1v) is 12.0.